The number of rotatable bonds is 2. The van der Waals surface area contributed by atoms with Crippen LogP contribution in [-0.4, -0.2) is 51.9 Å². The van der Waals surface area contributed by atoms with Gasteiger partial charge in [-0.3, -0.25) is 0 Å². The Labute approximate surface area is 97.7 Å². The summed E-state index contributed by atoms with van der Waals surface area (Å²) in [5.74, 6) is -2.37. The third-order valence-corrected chi connectivity index (χ3v) is 0.715. The number of hydrogen-bond acceptors (Lipinski definition) is 5. The molecule has 10 heteroatoms. The molecule has 0 aliphatic heterocycles. The molecule has 0 aliphatic rings. The predicted molar refractivity (Wildman–Crippen MR) is 43.8 cm³/mol. The van der Waals surface area contributed by atoms with Crippen molar-refractivity contribution in [3.8, 4) is 0 Å². The van der Waals surface area contributed by atoms with Crippen molar-refractivity contribution in [3.63, 3.8) is 0 Å². The Morgan fingerprint density at radius 2 is 1.00 bits per heavy atom. The van der Waals surface area contributed by atoms with Crippen molar-refractivity contribution in [1.82, 2.24) is 0 Å². The average Bonchev–Trinajstić information content (AvgIpc) is 2.03. The van der Waals surface area contributed by atoms with Gasteiger partial charge in [0.1, 0.15) is 12.2 Å². The summed E-state index contributed by atoms with van der Waals surface area (Å²) in [6.45, 7) is 2.39. The van der Waals surface area contributed by atoms with Crippen LogP contribution in [0.5, 0.6) is 0 Å². The van der Waals surface area contributed by atoms with Crippen LogP contribution in [0.15, 0.2) is 0 Å². The molecule has 0 spiro atoms. The minimum absolute atomic E-state index is 1.19. The summed E-state index contributed by atoms with van der Waals surface area (Å²) >= 11 is -3.58. The van der Waals surface area contributed by atoms with Gasteiger partial charge in [-0.25, -0.2) is 9.59 Å². The number of aliphatic carboxylic acids is 2. The van der Waals surface area contributed by atoms with Crippen LogP contribution >= 0.6 is 0 Å². The summed E-state index contributed by atoms with van der Waals surface area (Å²) in [5, 5.41) is 31.5. The van der Waals surface area contributed by atoms with Gasteiger partial charge in [0, 0.05) is 0 Å². The predicted octanol–water partition coefficient (Wildman–Crippen LogP) is -2.33. The number of hydrogen-bond donors (Lipinski definition) is 6. The molecule has 0 saturated heterocycles. The van der Waals surface area contributed by atoms with Crippen LogP contribution in [0.3, 0.4) is 0 Å². The summed E-state index contributed by atoms with van der Waals surface area (Å²) in [5.41, 5.74) is 0. The molecule has 0 bridgehead atoms. The molecule has 16 heavy (non-hydrogen) atoms. The monoisotopic (exact) mass is 278 g/mol. The van der Waals surface area contributed by atoms with Crippen molar-refractivity contribution in [2.45, 2.75) is 26.1 Å². The van der Waals surface area contributed by atoms with Crippen LogP contribution < -0.4 is 0 Å². The number of aliphatic hydroxyl groups is 2. The third kappa shape index (κ3) is 37.8. The molecule has 0 heterocycles. The molecular formula is C6H14O9Ti. The van der Waals surface area contributed by atoms with Gasteiger partial charge in [0.25, 0.3) is 0 Å². The average molecular weight is 278 g/mol. The first kappa shape index (κ1) is 20.7. The maximum atomic E-state index is 9.45. The molecule has 0 amide bonds. The summed E-state index contributed by atoms with van der Waals surface area (Å²) in [4.78, 5) is 18.9. The van der Waals surface area contributed by atoms with Gasteiger partial charge in [-0.1, -0.05) is 0 Å². The molecule has 0 aromatic carbocycles. The fourth-order valence-electron chi connectivity index (χ4n) is 0. The van der Waals surface area contributed by atoms with E-state index in [1.54, 1.807) is 0 Å². The van der Waals surface area contributed by atoms with Crippen molar-refractivity contribution in [1.29, 1.82) is 0 Å². The minimum atomic E-state index is -3.58. The van der Waals surface area contributed by atoms with Crippen molar-refractivity contribution in [3.05, 3.63) is 0 Å². The Kier molecular flexibility index (Phi) is 16.0. The molecule has 6 N–H and O–H groups in total. The molecule has 2 atom stereocenters. The zero-order valence-electron chi connectivity index (χ0n) is 8.56. The Balaban J connectivity index is -0.000000162. The van der Waals surface area contributed by atoms with Gasteiger partial charge in [0.15, 0.2) is 0 Å². The van der Waals surface area contributed by atoms with E-state index < -0.39 is 42.8 Å². The van der Waals surface area contributed by atoms with E-state index in [0.29, 0.717) is 0 Å². The fourth-order valence-corrected chi connectivity index (χ4v) is 0. The fraction of sp³-hybridized carbons (Fsp3) is 0.667. The van der Waals surface area contributed by atoms with Crippen LogP contribution in [0.4, 0.5) is 0 Å². The SMILES string of the molecule is CC(O)C(=O)O.CC(O)C(=O)O.[O]=[Ti]([OH])[OH]. The van der Waals surface area contributed by atoms with E-state index in [2.05, 4.69) is 0 Å². The van der Waals surface area contributed by atoms with Gasteiger partial charge < -0.3 is 20.4 Å². The molecular weight excluding hydrogens is 264 g/mol. The number of aliphatic hydroxyl groups excluding tert-OH is 2. The number of carboxylic acids is 2. The van der Waals surface area contributed by atoms with Crippen LogP contribution in [-0.2, 0) is 31.5 Å². The van der Waals surface area contributed by atoms with Gasteiger partial charge in [0.05, 0.1) is 0 Å². The van der Waals surface area contributed by atoms with E-state index >= 15 is 0 Å². The van der Waals surface area contributed by atoms with Gasteiger partial charge in [0.2, 0.25) is 0 Å². The normalized spacial score (nSPS) is 11.9. The zero-order chi connectivity index (χ0) is 13.9. The van der Waals surface area contributed by atoms with E-state index in [-0.39, 0.29) is 0 Å². The quantitative estimate of drug-likeness (QED) is 0.303. The van der Waals surface area contributed by atoms with Gasteiger partial charge in [-0.2, -0.15) is 0 Å². The van der Waals surface area contributed by atoms with Crippen LogP contribution in [0, 0.1) is 0 Å². The second kappa shape index (κ2) is 12.4. The Bertz CT molecular complexity index is 202. The second-order valence-corrected chi connectivity index (χ2v) is 3.19. The Morgan fingerprint density at radius 3 is 1.00 bits per heavy atom. The first-order valence-corrected chi connectivity index (χ1v) is 5.79. The van der Waals surface area contributed by atoms with Crippen LogP contribution in [0.2, 0.25) is 0 Å². The molecule has 2 unspecified atom stereocenters. The molecule has 0 radical (unpaired) electrons. The topological polar surface area (TPSA) is 173 Å². The molecule has 0 aromatic rings. The van der Waals surface area contributed by atoms with Crippen molar-refractivity contribution < 1.29 is 59.3 Å². The molecule has 0 aliphatic carbocycles. The Hall–Kier alpha value is -0.706. The van der Waals surface area contributed by atoms with Crippen molar-refractivity contribution in [2.24, 2.45) is 0 Å². The van der Waals surface area contributed by atoms with E-state index in [9.17, 15) is 9.59 Å². The molecule has 96 valence electrons. The number of carbonyl (C=O) groups is 2. The first-order valence-electron chi connectivity index (χ1n) is 3.76. The molecule has 0 rings (SSSR count). The van der Waals surface area contributed by atoms with Gasteiger partial charge in [-0.15, -0.1) is 0 Å². The number of carboxylic acid groups (broad SMARTS) is 2. The van der Waals surface area contributed by atoms with Crippen molar-refractivity contribution >= 4 is 11.9 Å². The molecule has 0 saturated carbocycles. The molecule has 0 aromatic heterocycles. The van der Waals surface area contributed by atoms with E-state index in [4.69, 9.17) is 31.1 Å². The van der Waals surface area contributed by atoms with E-state index in [1.807, 2.05) is 0 Å². The maximum absolute atomic E-state index is 9.45. The second-order valence-electron chi connectivity index (χ2n) is 2.31. The summed E-state index contributed by atoms with van der Waals surface area (Å²) < 4.78 is 23.2. The molecule has 0 fully saturated rings. The van der Waals surface area contributed by atoms with E-state index in [0.717, 1.165) is 0 Å². The van der Waals surface area contributed by atoms with Gasteiger partial charge >= 0.3 is 41.3 Å². The van der Waals surface area contributed by atoms with Crippen molar-refractivity contribution in [2.75, 3.05) is 0 Å². The zero-order valence-corrected chi connectivity index (χ0v) is 10.1. The Morgan fingerprint density at radius 1 is 0.938 bits per heavy atom. The summed E-state index contributed by atoms with van der Waals surface area (Å²) in [6.07, 6.45) is -2.46. The summed E-state index contributed by atoms with van der Waals surface area (Å²) in [7, 11) is 0. The standard InChI is InChI=1S/2C3H6O3.2H2O.O.Ti/c2*1-2(4)3(5)6;;;;/h2*2,4H,1H3,(H,5,6);2*1H2;;/q;;;;;+2/p-2. The third-order valence-electron chi connectivity index (χ3n) is 0.715. The molecule has 9 nitrogen and oxygen atoms in total. The van der Waals surface area contributed by atoms with E-state index in [1.165, 1.54) is 13.8 Å². The van der Waals surface area contributed by atoms with Crippen LogP contribution in [0.25, 0.3) is 0 Å². The first-order chi connectivity index (χ1) is 7.02. The summed E-state index contributed by atoms with van der Waals surface area (Å²) in [6, 6.07) is 0. The van der Waals surface area contributed by atoms with Gasteiger partial charge in [-0.05, 0) is 13.8 Å². The van der Waals surface area contributed by atoms with Crippen LogP contribution in [0.1, 0.15) is 13.8 Å².